The molecule has 1 aliphatic heterocycles. The van der Waals surface area contributed by atoms with Crippen LogP contribution in [0.15, 0.2) is 42.6 Å². The lowest BCUT2D eigenvalue weighted by molar-refractivity contribution is -0.136. The van der Waals surface area contributed by atoms with E-state index in [1.54, 1.807) is 14.2 Å². The van der Waals surface area contributed by atoms with Crippen molar-refractivity contribution in [1.29, 1.82) is 0 Å². The SMILES string of the molecule is COc1cc2c(cc1OC)CN(C(=O)C(Cc1c[nH]c3ccccc13)NC(C)=O)CC2. The number of para-hydroxylation sites is 1. The lowest BCUT2D eigenvalue weighted by atomic mass is 9.97. The summed E-state index contributed by atoms with van der Waals surface area (Å²) in [6.07, 6.45) is 3.06. The maximum absolute atomic E-state index is 13.4. The Kier molecular flexibility index (Phi) is 5.84. The van der Waals surface area contributed by atoms with Gasteiger partial charge in [-0.05, 0) is 41.3 Å². The Morgan fingerprint density at radius 3 is 2.55 bits per heavy atom. The molecule has 2 heterocycles. The molecule has 3 aromatic rings. The van der Waals surface area contributed by atoms with Crippen LogP contribution in [0.3, 0.4) is 0 Å². The monoisotopic (exact) mass is 421 g/mol. The van der Waals surface area contributed by atoms with Crippen LogP contribution in [-0.4, -0.2) is 48.5 Å². The van der Waals surface area contributed by atoms with E-state index in [1.165, 1.54) is 6.92 Å². The Balaban J connectivity index is 1.57. The van der Waals surface area contributed by atoms with E-state index >= 15 is 0 Å². The second-order valence-electron chi connectivity index (χ2n) is 7.80. The van der Waals surface area contributed by atoms with Crippen molar-refractivity contribution < 1.29 is 19.1 Å². The molecule has 0 saturated heterocycles. The summed E-state index contributed by atoms with van der Waals surface area (Å²) in [5.74, 6) is 1.03. The quantitative estimate of drug-likeness (QED) is 0.641. The molecular formula is C24H27N3O4. The molecule has 2 aromatic carbocycles. The highest BCUT2D eigenvalue weighted by atomic mass is 16.5. The normalized spacial score (nSPS) is 14.1. The fraction of sp³-hybridized carbons (Fsp3) is 0.333. The summed E-state index contributed by atoms with van der Waals surface area (Å²) >= 11 is 0. The van der Waals surface area contributed by atoms with Crippen molar-refractivity contribution in [3.05, 3.63) is 59.3 Å². The highest BCUT2D eigenvalue weighted by Crippen LogP contribution is 2.33. The smallest absolute Gasteiger partial charge is 0.245 e. The molecule has 4 rings (SSSR count). The highest BCUT2D eigenvalue weighted by molar-refractivity contribution is 5.89. The molecule has 7 heteroatoms. The van der Waals surface area contributed by atoms with Crippen molar-refractivity contribution in [3.63, 3.8) is 0 Å². The molecule has 7 nitrogen and oxygen atoms in total. The zero-order valence-electron chi connectivity index (χ0n) is 18.0. The van der Waals surface area contributed by atoms with Gasteiger partial charge in [0.1, 0.15) is 6.04 Å². The Labute approximate surface area is 181 Å². The molecule has 2 amide bonds. The summed E-state index contributed by atoms with van der Waals surface area (Å²) in [5, 5.41) is 3.92. The molecule has 1 aromatic heterocycles. The van der Waals surface area contributed by atoms with Crippen LogP contribution in [0.1, 0.15) is 23.6 Å². The molecule has 0 radical (unpaired) electrons. The van der Waals surface area contributed by atoms with Crippen LogP contribution in [0.4, 0.5) is 0 Å². The van der Waals surface area contributed by atoms with Gasteiger partial charge in [0.25, 0.3) is 0 Å². The number of aromatic nitrogens is 1. The van der Waals surface area contributed by atoms with E-state index in [1.807, 2.05) is 47.5 Å². The van der Waals surface area contributed by atoms with Crippen molar-refractivity contribution in [1.82, 2.24) is 15.2 Å². The van der Waals surface area contributed by atoms with Gasteiger partial charge in [0.15, 0.2) is 11.5 Å². The maximum Gasteiger partial charge on any atom is 0.245 e. The first-order valence-electron chi connectivity index (χ1n) is 10.3. The number of benzene rings is 2. The van der Waals surface area contributed by atoms with E-state index in [-0.39, 0.29) is 11.8 Å². The van der Waals surface area contributed by atoms with Crippen LogP contribution in [0.5, 0.6) is 11.5 Å². The number of methoxy groups -OCH3 is 2. The van der Waals surface area contributed by atoms with Crippen LogP contribution in [0.25, 0.3) is 10.9 Å². The predicted molar refractivity (Wildman–Crippen MR) is 118 cm³/mol. The molecule has 31 heavy (non-hydrogen) atoms. The van der Waals surface area contributed by atoms with Crippen LogP contribution in [0, 0.1) is 0 Å². The minimum absolute atomic E-state index is 0.0825. The van der Waals surface area contributed by atoms with Crippen LogP contribution in [-0.2, 0) is 29.0 Å². The fourth-order valence-corrected chi connectivity index (χ4v) is 4.26. The topological polar surface area (TPSA) is 83.7 Å². The Morgan fingerprint density at radius 1 is 1.13 bits per heavy atom. The number of fused-ring (bicyclic) bond motifs is 2. The van der Waals surface area contributed by atoms with E-state index < -0.39 is 6.04 Å². The van der Waals surface area contributed by atoms with Gasteiger partial charge in [0.2, 0.25) is 11.8 Å². The molecule has 0 bridgehead atoms. The van der Waals surface area contributed by atoms with Crippen LogP contribution < -0.4 is 14.8 Å². The third-order valence-electron chi connectivity index (χ3n) is 5.80. The van der Waals surface area contributed by atoms with E-state index in [4.69, 9.17) is 9.47 Å². The molecule has 0 saturated carbocycles. The zero-order chi connectivity index (χ0) is 22.0. The molecule has 162 valence electrons. The molecule has 1 atom stereocenters. The van der Waals surface area contributed by atoms with Gasteiger partial charge in [-0.3, -0.25) is 9.59 Å². The minimum atomic E-state index is -0.626. The highest BCUT2D eigenvalue weighted by Gasteiger charge is 2.29. The number of carbonyl (C=O) groups excluding carboxylic acids is 2. The number of carbonyl (C=O) groups is 2. The van der Waals surface area contributed by atoms with Crippen molar-refractivity contribution in [2.45, 2.75) is 32.4 Å². The third-order valence-corrected chi connectivity index (χ3v) is 5.80. The molecule has 1 unspecified atom stereocenters. The van der Waals surface area contributed by atoms with Gasteiger partial charge in [-0.25, -0.2) is 0 Å². The van der Waals surface area contributed by atoms with E-state index in [0.29, 0.717) is 31.0 Å². The average Bonchev–Trinajstić information content (AvgIpc) is 3.19. The summed E-state index contributed by atoms with van der Waals surface area (Å²) in [7, 11) is 3.22. The molecule has 0 spiro atoms. The van der Waals surface area contributed by atoms with E-state index in [9.17, 15) is 9.59 Å². The number of hydrogen-bond acceptors (Lipinski definition) is 4. The Hall–Kier alpha value is -3.48. The lowest BCUT2D eigenvalue weighted by Crippen LogP contribution is -2.50. The Bertz CT molecular complexity index is 1120. The lowest BCUT2D eigenvalue weighted by Gasteiger charge is -2.32. The molecule has 1 aliphatic rings. The fourth-order valence-electron chi connectivity index (χ4n) is 4.26. The second-order valence-corrected chi connectivity index (χ2v) is 7.80. The number of nitrogens with one attached hydrogen (secondary N) is 2. The molecule has 0 fully saturated rings. The first kappa shape index (κ1) is 20.8. The van der Waals surface area contributed by atoms with E-state index in [0.717, 1.165) is 34.0 Å². The predicted octanol–water partition coefficient (Wildman–Crippen LogP) is 2.82. The summed E-state index contributed by atoms with van der Waals surface area (Å²) in [4.78, 5) is 30.3. The first-order chi connectivity index (χ1) is 15.0. The zero-order valence-corrected chi connectivity index (χ0v) is 18.0. The molecule has 2 N–H and O–H groups in total. The van der Waals surface area contributed by atoms with Crippen LogP contribution in [0.2, 0.25) is 0 Å². The van der Waals surface area contributed by atoms with Gasteiger partial charge in [0.05, 0.1) is 14.2 Å². The maximum atomic E-state index is 13.4. The molecule has 0 aliphatic carbocycles. The largest absolute Gasteiger partial charge is 0.493 e. The van der Waals surface area contributed by atoms with Crippen LogP contribution >= 0.6 is 0 Å². The summed E-state index contributed by atoms with van der Waals surface area (Å²) < 4.78 is 10.8. The van der Waals surface area contributed by atoms with Gasteiger partial charge in [0, 0.05) is 43.5 Å². The van der Waals surface area contributed by atoms with Crippen molar-refractivity contribution >= 4 is 22.7 Å². The van der Waals surface area contributed by atoms with Crippen molar-refractivity contribution in [3.8, 4) is 11.5 Å². The van der Waals surface area contributed by atoms with Crippen molar-refractivity contribution in [2.75, 3.05) is 20.8 Å². The number of nitrogens with zero attached hydrogens (tertiary/aromatic N) is 1. The van der Waals surface area contributed by atoms with E-state index in [2.05, 4.69) is 10.3 Å². The van der Waals surface area contributed by atoms with Gasteiger partial charge in [-0.1, -0.05) is 18.2 Å². The number of amides is 2. The average molecular weight is 421 g/mol. The number of hydrogen-bond donors (Lipinski definition) is 2. The first-order valence-corrected chi connectivity index (χ1v) is 10.3. The molecular weight excluding hydrogens is 394 g/mol. The van der Waals surface area contributed by atoms with Gasteiger partial charge >= 0.3 is 0 Å². The summed E-state index contributed by atoms with van der Waals surface area (Å²) in [5.41, 5.74) is 4.20. The number of ether oxygens (including phenoxy) is 2. The van der Waals surface area contributed by atoms with Crippen molar-refractivity contribution in [2.24, 2.45) is 0 Å². The minimum Gasteiger partial charge on any atom is -0.493 e. The van der Waals surface area contributed by atoms with Gasteiger partial charge in [-0.2, -0.15) is 0 Å². The number of aromatic amines is 1. The Morgan fingerprint density at radius 2 is 1.84 bits per heavy atom. The second kappa shape index (κ2) is 8.71. The number of H-pyrrole nitrogens is 1. The standard InChI is InChI=1S/C24H27N3O4/c1-15(28)26-21(10-17-13-25-20-7-5-4-6-19(17)20)24(29)27-9-8-16-11-22(30-2)23(31-3)12-18(16)14-27/h4-7,11-13,21,25H,8-10,14H2,1-3H3,(H,26,28). The van der Waals surface area contributed by atoms with Gasteiger partial charge < -0.3 is 24.7 Å². The van der Waals surface area contributed by atoms with Gasteiger partial charge in [-0.15, -0.1) is 0 Å². The summed E-state index contributed by atoms with van der Waals surface area (Å²) in [6, 6.07) is 11.2. The summed E-state index contributed by atoms with van der Waals surface area (Å²) in [6.45, 7) is 2.50. The number of rotatable bonds is 6. The third kappa shape index (κ3) is 4.21.